The van der Waals surface area contributed by atoms with Crippen LogP contribution >= 0.6 is 15.9 Å². The van der Waals surface area contributed by atoms with Crippen LogP contribution in [0.25, 0.3) is 0 Å². The maximum atomic E-state index is 13.6. The molecule has 92 valence electrons. The highest BCUT2D eigenvalue weighted by Crippen LogP contribution is 2.17. The third-order valence-corrected chi connectivity index (χ3v) is 3.16. The molecular weight excluding hydrogens is 289 g/mol. The van der Waals surface area contributed by atoms with Gasteiger partial charge in [0, 0.05) is 23.5 Å². The van der Waals surface area contributed by atoms with Gasteiger partial charge < -0.3 is 10.1 Å². The van der Waals surface area contributed by atoms with Gasteiger partial charge in [-0.2, -0.15) is 0 Å². The Labute approximate surface area is 107 Å². The highest BCUT2D eigenvalue weighted by molar-refractivity contribution is 9.10. The van der Waals surface area contributed by atoms with Gasteiger partial charge in [0.05, 0.1) is 18.8 Å². The van der Waals surface area contributed by atoms with Crippen LogP contribution in [0.2, 0.25) is 0 Å². The lowest BCUT2D eigenvalue weighted by molar-refractivity contribution is 0.0674. The molecule has 1 unspecified atom stereocenters. The van der Waals surface area contributed by atoms with E-state index in [9.17, 15) is 9.18 Å². The molecule has 1 N–H and O–H groups in total. The number of rotatable bonds is 3. The second-order valence-corrected chi connectivity index (χ2v) is 4.89. The summed E-state index contributed by atoms with van der Waals surface area (Å²) < 4.78 is 19.4. The van der Waals surface area contributed by atoms with Crippen molar-refractivity contribution in [2.45, 2.75) is 12.5 Å². The summed E-state index contributed by atoms with van der Waals surface area (Å²) in [6.45, 7) is 1.90. The zero-order valence-electron chi connectivity index (χ0n) is 9.21. The van der Waals surface area contributed by atoms with E-state index in [4.69, 9.17) is 4.74 Å². The Morgan fingerprint density at radius 1 is 1.59 bits per heavy atom. The first-order valence-electron chi connectivity index (χ1n) is 5.46. The predicted molar refractivity (Wildman–Crippen MR) is 65.7 cm³/mol. The minimum absolute atomic E-state index is 0.0145. The van der Waals surface area contributed by atoms with Gasteiger partial charge in [0.15, 0.2) is 5.78 Å². The number of carbonyl (C=O) groups is 1. The number of morpholine rings is 1. The van der Waals surface area contributed by atoms with E-state index in [-0.39, 0.29) is 23.8 Å². The third-order valence-electron chi connectivity index (χ3n) is 2.66. The molecule has 2 rings (SSSR count). The molecule has 1 atom stereocenters. The summed E-state index contributed by atoms with van der Waals surface area (Å²) in [4.78, 5) is 11.9. The molecule has 17 heavy (non-hydrogen) atoms. The van der Waals surface area contributed by atoms with Crippen molar-refractivity contribution in [1.82, 2.24) is 5.32 Å². The zero-order chi connectivity index (χ0) is 12.3. The first-order valence-corrected chi connectivity index (χ1v) is 6.25. The molecular formula is C12H13BrFNO2. The van der Waals surface area contributed by atoms with Gasteiger partial charge in [0.25, 0.3) is 0 Å². The van der Waals surface area contributed by atoms with Crippen molar-refractivity contribution < 1.29 is 13.9 Å². The fourth-order valence-corrected chi connectivity index (χ4v) is 2.13. The molecule has 0 aliphatic carbocycles. The van der Waals surface area contributed by atoms with Crippen LogP contribution in [0.1, 0.15) is 16.8 Å². The number of nitrogens with one attached hydrogen (secondary N) is 1. The van der Waals surface area contributed by atoms with Gasteiger partial charge >= 0.3 is 0 Å². The van der Waals surface area contributed by atoms with E-state index in [1.807, 2.05) is 0 Å². The summed E-state index contributed by atoms with van der Waals surface area (Å²) in [6, 6.07) is 4.46. The van der Waals surface area contributed by atoms with Gasteiger partial charge in [-0.3, -0.25) is 4.79 Å². The molecule has 0 radical (unpaired) electrons. The SMILES string of the molecule is O=C(CC1COCCN1)c1ccc(Br)cc1F. The summed E-state index contributed by atoms with van der Waals surface area (Å²) in [5, 5.41) is 3.17. The molecule has 5 heteroatoms. The number of hydrogen-bond acceptors (Lipinski definition) is 3. The molecule has 1 aromatic rings. The van der Waals surface area contributed by atoms with E-state index in [0.717, 1.165) is 6.54 Å². The molecule has 1 aromatic carbocycles. The van der Waals surface area contributed by atoms with Crippen LogP contribution in [0.3, 0.4) is 0 Å². The maximum Gasteiger partial charge on any atom is 0.167 e. The standard InChI is InChI=1S/C12H13BrFNO2/c13-8-1-2-10(11(14)5-8)12(16)6-9-7-17-4-3-15-9/h1-2,5,9,15H,3-4,6-7H2. The van der Waals surface area contributed by atoms with Gasteiger partial charge in [0.1, 0.15) is 5.82 Å². The van der Waals surface area contributed by atoms with Crippen LogP contribution in [0.4, 0.5) is 4.39 Å². The normalized spacial score (nSPS) is 20.2. The summed E-state index contributed by atoms with van der Waals surface area (Å²) in [5.74, 6) is -0.681. The Hall–Kier alpha value is -0.780. The molecule has 3 nitrogen and oxygen atoms in total. The smallest absolute Gasteiger partial charge is 0.167 e. The number of ketones is 1. The zero-order valence-corrected chi connectivity index (χ0v) is 10.8. The monoisotopic (exact) mass is 301 g/mol. The Morgan fingerprint density at radius 3 is 3.06 bits per heavy atom. The largest absolute Gasteiger partial charge is 0.378 e. The minimum Gasteiger partial charge on any atom is -0.378 e. The molecule has 0 amide bonds. The molecule has 0 aromatic heterocycles. The van der Waals surface area contributed by atoms with Crippen molar-refractivity contribution in [3.63, 3.8) is 0 Å². The average Bonchev–Trinajstić information content (AvgIpc) is 2.30. The molecule has 1 aliphatic heterocycles. The van der Waals surface area contributed by atoms with Crippen molar-refractivity contribution in [3.8, 4) is 0 Å². The maximum absolute atomic E-state index is 13.6. The third kappa shape index (κ3) is 3.34. The summed E-state index contributed by atoms with van der Waals surface area (Å²) >= 11 is 3.16. The van der Waals surface area contributed by atoms with Gasteiger partial charge in [0.2, 0.25) is 0 Å². The fourth-order valence-electron chi connectivity index (χ4n) is 1.80. The summed E-state index contributed by atoms with van der Waals surface area (Å²) in [6.07, 6.45) is 0.262. The van der Waals surface area contributed by atoms with Crippen LogP contribution in [-0.4, -0.2) is 31.6 Å². The number of hydrogen-bond donors (Lipinski definition) is 1. The highest BCUT2D eigenvalue weighted by Gasteiger charge is 2.19. The quantitative estimate of drug-likeness (QED) is 0.870. The predicted octanol–water partition coefficient (Wildman–Crippen LogP) is 2.15. The van der Waals surface area contributed by atoms with Gasteiger partial charge in [-0.15, -0.1) is 0 Å². The van der Waals surface area contributed by atoms with E-state index < -0.39 is 5.82 Å². The number of benzene rings is 1. The van der Waals surface area contributed by atoms with Crippen molar-refractivity contribution in [2.24, 2.45) is 0 Å². The Kier molecular flexibility index (Phi) is 4.25. The summed E-state index contributed by atoms with van der Waals surface area (Å²) in [7, 11) is 0. The fraction of sp³-hybridized carbons (Fsp3) is 0.417. The second kappa shape index (κ2) is 5.71. The molecule has 0 saturated carbocycles. The lowest BCUT2D eigenvalue weighted by atomic mass is 10.0. The van der Waals surface area contributed by atoms with Crippen LogP contribution in [0.15, 0.2) is 22.7 Å². The number of Topliss-reactive ketones (excluding diaryl/α,β-unsaturated/α-hetero) is 1. The average molecular weight is 302 g/mol. The molecule has 1 fully saturated rings. The molecule has 1 aliphatic rings. The number of ether oxygens (including phenoxy) is 1. The Bertz CT molecular complexity index is 419. The topological polar surface area (TPSA) is 38.3 Å². The first kappa shape index (κ1) is 12.7. The van der Waals surface area contributed by atoms with E-state index >= 15 is 0 Å². The van der Waals surface area contributed by atoms with Crippen molar-refractivity contribution in [2.75, 3.05) is 19.8 Å². The lowest BCUT2D eigenvalue weighted by Gasteiger charge is -2.23. The Balaban J connectivity index is 2.03. The molecule has 1 saturated heterocycles. The van der Waals surface area contributed by atoms with Crippen molar-refractivity contribution >= 4 is 21.7 Å². The van der Waals surface area contributed by atoms with E-state index in [0.29, 0.717) is 17.7 Å². The number of halogens is 2. The van der Waals surface area contributed by atoms with Crippen LogP contribution in [0.5, 0.6) is 0 Å². The molecule has 1 heterocycles. The van der Waals surface area contributed by atoms with Crippen LogP contribution in [0, 0.1) is 5.82 Å². The van der Waals surface area contributed by atoms with Crippen LogP contribution in [-0.2, 0) is 4.74 Å². The first-order chi connectivity index (χ1) is 8.16. The van der Waals surface area contributed by atoms with E-state index in [2.05, 4.69) is 21.2 Å². The van der Waals surface area contributed by atoms with Crippen LogP contribution < -0.4 is 5.32 Å². The van der Waals surface area contributed by atoms with Crippen molar-refractivity contribution in [3.05, 3.63) is 34.1 Å². The van der Waals surface area contributed by atoms with Crippen molar-refractivity contribution in [1.29, 1.82) is 0 Å². The highest BCUT2D eigenvalue weighted by atomic mass is 79.9. The lowest BCUT2D eigenvalue weighted by Crippen LogP contribution is -2.42. The molecule has 0 spiro atoms. The van der Waals surface area contributed by atoms with Gasteiger partial charge in [-0.25, -0.2) is 4.39 Å². The number of carbonyl (C=O) groups excluding carboxylic acids is 1. The minimum atomic E-state index is -0.485. The molecule has 0 bridgehead atoms. The summed E-state index contributed by atoms with van der Waals surface area (Å²) in [5.41, 5.74) is 0.139. The second-order valence-electron chi connectivity index (χ2n) is 3.98. The Morgan fingerprint density at radius 2 is 2.41 bits per heavy atom. The van der Waals surface area contributed by atoms with E-state index in [1.165, 1.54) is 12.1 Å². The van der Waals surface area contributed by atoms with Gasteiger partial charge in [-0.1, -0.05) is 15.9 Å². The van der Waals surface area contributed by atoms with E-state index in [1.54, 1.807) is 6.07 Å². The van der Waals surface area contributed by atoms with Gasteiger partial charge in [-0.05, 0) is 18.2 Å².